The monoisotopic (exact) mass is 182 g/mol. The van der Waals surface area contributed by atoms with E-state index in [1.165, 1.54) is 16.7 Å². The Morgan fingerprint density at radius 3 is 2.25 bits per heavy atom. The van der Waals surface area contributed by atoms with E-state index in [0.717, 1.165) is 5.02 Å². The van der Waals surface area contributed by atoms with Crippen molar-refractivity contribution >= 4 is 11.6 Å². The molecule has 0 unspecified atom stereocenters. The zero-order valence-electron chi connectivity index (χ0n) is 8.11. The van der Waals surface area contributed by atoms with Gasteiger partial charge in [-0.1, -0.05) is 37.6 Å². The molecule has 0 aromatic heterocycles. The summed E-state index contributed by atoms with van der Waals surface area (Å²) in [5.74, 6) is 0.558. The molecule has 0 aliphatic carbocycles. The highest BCUT2D eigenvalue weighted by atomic mass is 35.5. The highest BCUT2D eigenvalue weighted by Gasteiger charge is 2.07. The first-order valence-corrected chi connectivity index (χ1v) is 4.67. The zero-order valence-corrected chi connectivity index (χ0v) is 8.87. The summed E-state index contributed by atoms with van der Waals surface area (Å²) in [6.45, 7) is 8.51. The van der Waals surface area contributed by atoms with E-state index in [2.05, 4.69) is 32.9 Å². The van der Waals surface area contributed by atoms with Crippen molar-refractivity contribution in [2.24, 2.45) is 0 Å². The molecule has 1 rings (SSSR count). The van der Waals surface area contributed by atoms with Gasteiger partial charge in [0.1, 0.15) is 0 Å². The summed E-state index contributed by atoms with van der Waals surface area (Å²) in [4.78, 5) is 0. The Hall–Kier alpha value is -0.490. The largest absolute Gasteiger partial charge is 0.0838 e. The molecule has 66 valence electrons. The van der Waals surface area contributed by atoms with Gasteiger partial charge >= 0.3 is 0 Å². The highest BCUT2D eigenvalue weighted by Crippen LogP contribution is 2.27. The predicted octanol–water partition coefficient (Wildman–Crippen LogP) is 4.08. The average molecular weight is 183 g/mol. The van der Waals surface area contributed by atoms with Crippen LogP contribution >= 0.6 is 11.6 Å². The van der Waals surface area contributed by atoms with Crippen LogP contribution in [0.4, 0.5) is 0 Å². The molecule has 0 fully saturated rings. The standard InChI is InChI=1S/C11H15Cl/c1-7(2)10-6-5-8(3)11(12)9(10)4/h5-7H,1-4H3. The van der Waals surface area contributed by atoms with E-state index in [-0.39, 0.29) is 0 Å². The normalized spacial score (nSPS) is 10.8. The van der Waals surface area contributed by atoms with Crippen LogP contribution in [0.5, 0.6) is 0 Å². The summed E-state index contributed by atoms with van der Waals surface area (Å²) in [7, 11) is 0. The summed E-state index contributed by atoms with van der Waals surface area (Å²) in [5.41, 5.74) is 3.75. The summed E-state index contributed by atoms with van der Waals surface area (Å²) in [6, 6.07) is 4.26. The van der Waals surface area contributed by atoms with Gasteiger partial charge in [-0.25, -0.2) is 0 Å². The lowest BCUT2D eigenvalue weighted by Crippen LogP contribution is -1.93. The first-order chi connectivity index (χ1) is 5.54. The van der Waals surface area contributed by atoms with Crippen LogP contribution in [0.15, 0.2) is 12.1 Å². The van der Waals surface area contributed by atoms with Gasteiger partial charge in [0.25, 0.3) is 0 Å². The minimum atomic E-state index is 0.558. The highest BCUT2D eigenvalue weighted by molar-refractivity contribution is 6.32. The number of rotatable bonds is 1. The smallest absolute Gasteiger partial charge is 0.0467 e. The fourth-order valence-electron chi connectivity index (χ4n) is 1.46. The maximum atomic E-state index is 6.13. The molecule has 12 heavy (non-hydrogen) atoms. The Labute approximate surface area is 79.6 Å². The van der Waals surface area contributed by atoms with Gasteiger partial charge in [-0.05, 0) is 36.5 Å². The molecule has 1 aromatic carbocycles. The fourth-order valence-corrected chi connectivity index (χ4v) is 1.63. The van der Waals surface area contributed by atoms with E-state index in [9.17, 15) is 0 Å². The van der Waals surface area contributed by atoms with E-state index < -0.39 is 0 Å². The molecule has 1 heteroatoms. The van der Waals surface area contributed by atoms with Crippen molar-refractivity contribution < 1.29 is 0 Å². The van der Waals surface area contributed by atoms with Crippen molar-refractivity contribution in [2.45, 2.75) is 33.6 Å². The Balaban J connectivity index is 3.27. The van der Waals surface area contributed by atoms with E-state index in [4.69, 9.17) is 11.6 Å². The maximum Gasteiger partial charge on any atom is 0.0467 e. The van der Waals surface area contributed by atoms with Crippen LogP contribution < -0.4 is 0 Å². The van der Waals surface area contributed by atoms with Crippen LogP contribution in [0.1, 0.15) is 36.5 Å². The molecule has 0 nitrogen and oxygen atoms in total. The minimum absolute atomic E-state index is 0.558. The van der Waals surface area contributed by atoms with Gasteiger partial charge in [0.2, 0.25) is 0 Å². The molecule has 0 N–H and O–H groups in total. The van der Waals surface area contributed by atoms with Crippen LogP contribution in [-0.4, -0.2) is 0 Å². The van der Waals surface area contributed by atoms with Gasteiger partial charge < -0.3 is 0 Å². The molecule has 0 spiro atoms. The number of halogens is 1. The third kappa shape index (κ3) is 1.64. The molecule has 0 amide bonds. The van der Waals surface area contributed by atoms with E-state index in [1.54, 1.807) is 0 Å². The van der Waals surface area contributed by atoms with Gasteiger partial charge in [-0.2, -0.15) is 0 Å². The van der Waals surface area contributed by atoms with Crippen LogP contribution in [-0.2, 0) is 0 Å². The quantitative estimate of drug-likeness (QED) is 0.614. The van der Waals surface area contributed by atoms with E-state index in [0.29, 0.717) is 5.92 Å². The first-order valence-electron chi connectivity index (χ1n) is 4.29. The lowest BCUT2D eigenvalue weighted by Gasteiger charge is -2.12. The SMILES string of the molecule is Cc1ccc(C(C)C)c(C)c1Cl. The second-order valence-corrected chi connectivity index (χ2v) is 3.94. The predicted molar refractivity (Wildman–Crippen MR) is 55.0 cm³/mol. The maximum absolute atomic E-state index is 6.13. The van der Waals surface area contributed by atoms with Crippen molar-refractivity contribution in [1.82, 2.24) is 0 Å². The van der Waals surface area contributed by atoms with Crippen molar-refractivity contribution in [2.75, 3.05) is 0 Å². The van der Waals surface area contributed by atoms with Gasteiger partial charge in [-0.3, -0.25) is 0 Å². The van der Waals surface area contributed by atoms with Gasteiger partial charge in [-0.15, -0.1) is 0 Å². The second-order valence-electron chi connectivity index (χ2n) is 3.57. The second kappa shape index (κ2) is 3.49. The molecule has 0 aliphatic rings. The lowest BCUT2D eigenvalue weighted by molar-refractivity contribution is 0.856. The van der Waals surface area contributed by atoms with E-state index >= 15 is 0 Å². The topological polar surface area (TPSA) is 0 Å². The van der Waals surface area contributed by atoms with Crippen LogP contribution in [0, 0.1) is 13.8 Å². The van der Waals surface area contributed by atoms with Crippen molar-refractivity contribution in [3.8, 4) is 0 Å². The Morgan fingerprint density at radius 1 is 1.17 bits per heavy atom. The van der Waals surface area contributed by atoms with Crippen LogP contribution in [0.25, 0.3) is 0 Å². The molecular weight excluding hydrogens is 168 g/mol. The number of hydrogen-bond acceptors (Lipinski definition) is 0. The zero-order chi connectivity index (χ0) is 9.30. The van der Waals surface area contributed by atoms with E-state index in [1.807, 2.05) is 6.92 Å². The first kappa shape index (κ1) is 9.60. The molecule has 0 saturated heterocycles. The van der Waals surface area contributed by atoms with Crippen molar-refractivity contribution in [3.05, 3.63) is 33.8 Å². The molecule has 0 bridgehead atoms. The van der Waals surface area contributed by atoms with Crippen molar-refractivity contribution in [3.63, 3.8) is 0 Å². The number of benzene rings is 1. The van der Waals surface area contributed by atoms with Gasteiger partial charge in [0, 0.05) is 5.02 Å². The third-order valence-electron chi connectivity index (χ3n) is 2.24. The van der Waals surface area contributed by atoms with Crippen LogP contribution in [0.2, 0.25) is 5.02 Å². The number of hydrogen-bond donors (Lipinski definition) is 0. The molecule has 0 aliphatic heterocycles. The van der Waals surface area contributed by atoms with Crippen LogP contribution in [0.3, 0.4) is 0 Å². The third-order valence-corrected chi connectivity index (χ3v) is 2.82. The minimum Gasteiger partial charge on any atom is -0.0838 e. The Morgan fingerprint density at radius 2 is 1.75 bits per heavy atom. The number of aryl methyl sites for hydroxylation is 1. The summed E-state index contributed by atoms with van der Waals surface area (Å²) >= 11 is 6.13. The Bertz CT molecular complexity index is 287. The average Bonchev–Trinajstić information content (AvgIpc) is 2.00. The van der Waals surface area contributed by atoms with Gasteiger partial charge in [0.05, 0.1) is 0 Å². The molecule has 0 radical (unpaired) electrons. The summed E-state index contributed by atoms with van der Waals surface area (Å²) in [6.07, 6.45) is 0. The molecule has 0 heterocycles. The summed E-state index contributed by atoms with van der Waals surface area (Å²) < 4.78 is 0. The molecular formula is C11H15Cl. The van der Waals surface area contributed by atoms with Crippen molar-refractivity contribution in [1.29, 1.82) is 0 Å². The summed E-state index contributed by atoms with van der Waals surface area (Å²) in [5, 5.41) is 0.918. The molecule has 0 saturated carbocycles. The fraction of sp³-hybridized carbons (Fsp3) is 0.455. The molecule has 0 atom stereocenters. The molecule has 1 aromatic rings. The van der Waals surface area contributed by atoms with Gasteiger partial charge in [0.15, 0.2) is 0 Å². The lowest BCUT2D eigenvalue weighted by atomic mass is 9.96. The Kier molecular flexibility index (Phi) is 2.79.